The molecule has 5 nitrogen and oxygen atoms in total. The number of hydrogen-bond donors (Lipinski definition) is 2. The van der Waals surface area contributed by atoms with Gasteiger partial charge in [0, 0.05) is 24.0 Å². The van der Waals surface area contributed by atoms with Crippen molar-refractivity contribution in [2.75, 3.05) is 24.3 Å². The van der Waals surface area contributed by atoms with E-state index in [2.05, 4.69) is 27.5 Å². The van der Waals surface area contributed by atoms with E-state index in [1.807, 2.05) is 19.1 Å². The van der Waals surface area contributed by atoms with Gasteiger partial charge < -0.3 is 15.4 Å². The van der Waals surface area contributed by atoms with E-state index in [1.54, 1.807) is 19.2 Å². The molecule has 0 spiro atoms. The summed E-state index contributed by atoms with van der Waals surface area (Å²) in [5.74, 6) is 2.00. The van der Waals surface area contributed by atoms with Crippen molar-refractivity contribution in [3.63, 3.8) is 0 Å². The lowest BCUT2D eigenvalue weighted by atomic mass is 10.3. The van der Waals surface area contributed by atoms with Crippen LogP contribution >= 0.6 is 11.6 Å². The molecule has 118 valence electrons. The highest BCUT2D eigenvalue weighted by Gasteiger charge is 2.05. The molecule has 1 aromatic heterocycles. The van der Waals surface area contributed by atoms with Gasteiger partial charge in [-0.15, -0.1) is 0 Å². The van der Waals surface area contributed by atoms with Crippen LogP contribution in [0.25, 0.3) is 0 Å². The Morgan fingerprint density at radius 1 is 1.23 bits per heavy atom. The van der Waals surface area contributed by atoms with Crippen molar-refractivity contribution in [1.82, 2.24) is 9.97 Å². The molecule has 2 aromatic rings. The number of rotatable bonds is 7. The standard InChI is InChI=1S/C16H21ClN4O/c1-4-5-8-18-15-9-11(2)19-16(21-15)20-12-6-7-14(22-3)13(17)10-12/h6-7,9-10H,4-5,8H2,1-3H3,(H2,18,19,20,21). The second kappa shape index (κ2) is 7.84. The van der Waals surface area contributed by atoms with Gasteiger partial charge in [-0.25, -0.2) is 4.98 Å². The largest absolute Gasteiger partial charge is 0.495 e. The summed E-state index contributed by atoms with van der Waals surface area (Å²) in [5.41, 5.74) is 1.71. The lowest BCUT2D eigenvalue weighted by molar-refractivity contribution is 0.415. The van der Waals surface area contributed by atoms with Gasteiger partial charge >= 0.3 is 0 Å². The van der Waals surface area contributed by atoms with Gasteiger partial charge in [0.1, 0.15) is 11.6 Å². The summed E-state index contributed by atoms with van der Waals surface area (Å²) in [6, 6.07) is 7.40. The van der Waals surface area contributed by atoms with Gasteiger partial charge in [0.15, 0.2) is 0 Å². The number of nitrogens with zero attached hydrogens (tertiary/aromatic N) is 2. The predicted octanol–water partition coefficient (Wildman–Crippen LogP) is 4.40. The number of aromatic nitrogens is 2. The average Bonchev–Trinajstić information content (AvgIpc) is 2.47. The number of aryl methyl sites for hydroxylation is 1. The molecule has 1 heterocycles. The van der Waals surface area contributed by atoms with Crippen molar-refractivity contribution >= 4 is 29.1 Å². The van der Waals surface area contributed by atoms with Crippen molar-refractivity contribution in [2.45, 2.75) is 26.7 Å². The Bertz CT molecular complexity index is 634. The fourth-order valence-electron chi connectivity index (χ4n) is 1.98. The molecule has 6 heteroatoms. The highest BCUT2D eigenvalue weighted by Crippen LogP contribution is 2.28. The van der Waals surface area contributed by atoms with E-state index < -0.39 is 0 Å². The molecule has 1 aromatic carbocycles. The number of nitrogens with one attached hydrogen (secondary N) is 2. The van der Waals surface area contributed by atoms with Gasteiger partial charge in [-0.3, -0.25) is 0 Å². The van der Waals surface area contributed by atoms with E-state index in [9.17, 15) is 0 Å². The van der Waals surface area contributed by atoms with Crippen molar-refractivity contribution in [3.8, 4) is 5.75 Å². The summed E-state index contributed by atoms with van der Waals surface area (Å²) in [6.45, 7) is 5.01. The molecule has 0 unspecified atom stereocenters. The summed E-state index contributed by atoms with van der Waals surface area (Å²) >= 11 is 6.12. The minimum absolute atomic E-state index is 0.542. The molecule has 0 radical (unpaired) electrons. The van der Waals surface area contributed by atoms with Gasteiger partial charge in [0.2, 0.25) is 5.95 Å². The normalized spacial score (nSPS) is 10.4. The second-order valence-electron chi connectivity index (χ2n) is 4.97. The van der Waals surface area contributed by atoms with E-state index in [4.69, 9.17) is 16.3 Å². The van der Waals surface area contributed by atoms with Crippen LogP contribution in [0.2, 0.25) is 5.02 Å². The monoisotopic (exact) mass is 320 g/mol. The maximum absolute atomic E-state index is 6.12. The first kappa shape index (κ1) is 16.4. The van der Waals surface area contributed by atoms with Crippen LogP contribution in [0.3, 0.4) is 0 Å². The summed E-state index contributed by atoms with van der Waals surface area (Å²) in [4.78, 5) is 8.86. The molecule has 22 heavy (non-hydrogen) atoms. The maximum atomic E-state index is 6.12. The van der Waals surface area contributed by atoms with Crippen LogP contribution in [0, 0.1) is 6.92 Å². The van der Waals surface area contributed by atoms with Gasteiger partial charge in [-0.2, -0.15) is 4.98 Å². The van der Waals surface area contributed by atoms with Gasteiger partial charge in [-0.1, -0.05) is 24.9 Å². The molecule has 0 atom stereocenters. The molecule has 0 aliphatic rings. The Kier molecular flexibility index (Phi) is 5.83. The van der Waals surface area contributed by atoms with Crippen molar-refractivity contribution in [3.05, 3.63) is 35.0 Å². The molecule has 0 aliphatic heterocycles. The SMILES string of the molecule is CCCCNc1cc(C)nc(Nc2ccc(OC)c(Cl)c2)n1. The Hall–Kier alpha value is -2.01. The molecule has 0 fully saturated rings. The van der Waals surface area contributed by atoms with E-state index in [1.165, 1.54) is 0 Å². The molecular formula is C16H21ClN4O. The van der Waals surface area contributed by atoms with Gasteiger partial charge in [0.05, 0.1) is 12.1 Å². The lowest BCUT2D eigenvalue weighted by Gasteiger charge is -2.11. The summed E-state index contributed by atoms with van der Waals surface area (Å²) < 4.78 is 5.14. The number of unbranched alkanes of at least 4 members (excludes halogenated alkanes) is 1. The first-order valence-electron chi connectivity index (χ1n) is 7.32. The van der Waals surface area contributed by atoms with Crippen LogP contribution in [-0.4, -0.2) is 23.6 Å². The van der Waals surface area contributed by atoms with Crippen LogP contribution in [0.5, 0.6) is 5.75 Å². The van der Waals surface area contributed by atoms with Crippen LogP contribution in [0.1, 0.15) is 25.5 Å². The molecule has 2 N–H and O–H groups in total. The summed E-state index contributed by atoms with van der Waals surface area (Å²) in [6.07, 6.45) is 2.26. The van der Waals surface area contributed by atoms with E-state index in [-0.39, 0.29) is 0 Å². The third-order valence-corrected chi connectivity index (χ3v) is 3.39. The maximum Gasteiger partial charge on any atom is 0.229 e. The van der Waals surface area contributed by atoms with Crippen molar-refractivity contribution < 1.29 is 4.74 Å². The third-order valence-electron chi connectivity index (χ3n) is 3.10. The van der Waals surface area contributed by atoms with Gasteiger partial charge in [-0.05, 0) is 31.5 Å². The highest BCUT2D eigenvalue weighted by atomic mass is 35.5. The van der Waals surface area contributed by atoms with Crippen LogP contribution in [0.15, 0.2) is 24.3 Å². The molecule has 0 bridgehead atoms. The lowest BCUT2D eigenvalue weighted by Crippen LogP contribution is -2.06. The number of ether oxygens (including phenoxy) is 1. The first-order valence-corrected chi connectivity index (χ1v) is 7.70. The quantitative estimate of drug-likeness (QED) is 0.740. The van der Waals surface area contributed by atoms with Crippen LogP contribution in [0.4, 0.5) is 17.5 Å². The van der Waals surface area contributed by atoms with E-state index in [0.717, 1.165) is 36.6 Å². The Morgan fingerprint density at radius 3 is 2.73 bits per heavy atom. The van der Waals surface area contributed by atoms with Crippen molar-refractivity contribution in [2.24, 2.45) is 0 Å². The average molecular weight is 321 g/mol. The molecule has 2 rings (SSSR count). The third kappa shape index (κ3) is 4.49. The first-order chi connectivity index (χ1) is 10.6. The smallest absolute Gasteiger partial charge is 0.229 e. The van der Waals surface area contributed by atoms with Crippen molar-refractivity contribution in [1.29, 1.82) is 0 Å². The van der Waals surface area contributed by atoms with E-state index in [0.29, 0.717) is 16.7 Å². The fraction of sp³-hybridized carbons (Fsp3) is 0.375. The zero-order valence-corrected chi connectivity index (χ0v) is 13.9. The molecule has 0 aliphatic carbocycles. The van der Waals surface area contributed by atoms with Crippen LogP contribution < -0.4 is 15.4 Å². The topological polar surface area (TPSA) is 59.1 Å². The minimum Gasteiger partial charge on any atom is -0.495 e. The number of hydrogen-bond acceptors (Lipinski definition) is 5. The molecule has 0 saturated carbocycles. The summed E-state index contributed by atoms with van der Waals surface area (Å²) in [5, 5.41) is 7.01. The fourth-order valence-corrected chi connectivity index (χ4v) is 2.24. The Labute approximate surface area is 136 Å². The second-order valence-corrected chi connectivity index (χ2v) is 5.38. The molecule has 0 amide bonds. The minimum atomic E-state index is 0.542. The number of halogens is 1. The highest BCUT2D eigenvalue weighted by molar-refractivity contribution is 6.32. The molecular weight excluding hydrogens is 300 g/mol. The van der Waals surface area contributed by atoms with Crippen LogP contribution in [-0.2, 0) is 0 Å². The van der Waals surface area contributed by atoms with E-state index >= 15 is 0 Å². The predicted molar refractivity (Wildman–Crippen MR) is 91.5 cm³/mol. The Balaban J connectivity index is 2.13. The zero-order chi connectivity index (χ0) is 15.9. The summed E-state index contributed by atoms with van der Waals surface area (Å²) in [7, 11) is 1.59. The zero-order valence-electron chi connectivity index (χ0n) is 13.1. The number of methoxy groups -OCH3 is 1. The van der Waals surface area contributed by atoms with Gasteiger partial charge in [0.25, 0.3) is 0 Å². The molecule has 0 saturated heterocycles. The number of benzene rings is 1. The number of anilines is 3. The Morgan fingerprint density at radius 2 is 2.05 bits per heavy atom.